The maximum atomic E-state index is 6.08. The SMILES string of the molecule is CCC(Cl)c1cn(-c2ccccc2Cl)nn1. The molecule has 0 aliphatic rings. The number of hydrogen-bond donors (Lipinski definition) is 0. The van der Waals surface area contributed by atoms with E-state index in [-0.39, 0.29) is 5.38 Å². The van der Waals surface area contributed by atoms with Gasteiger partial charge >= 0.3 is 0 Å². The molecule has 1 atom stereocenters. The van der Waals surface area contributed by atoms with Crippen LogP contribution in [-0.2, 0) is 0 Å². The van der Waals surface area contributed by atoms with Crippen molar-refractivity contribution in [3.63, 3.8) is 0 Å². The first kappa shape index (κ1) is 11.4. The highest BCUT2D eigenvalue weighted by Gasteiger charge is 2.11. The fourth-order valence-electron chi connectivity index (χ4n) is 1.38. The summed E-state index contributed by atoms with van der Waals surface area (Å²) in [5.41, 5.74) is 1.58. The minimum Gasteiger partial charge on any atom is -0.219 e. The van der Waals surface area contributed by atoms with Crippen molar-refractivity contribution in [1.82, 2.24) is 15.0 Å². The molecule has 1 aromatic heterocycles. The van der Waals surface area contributed by atoms with Gasteiger partial charge in [-0.25, -0.2) is 4.68 Å². The van der Waals surface area contributed by atoms with Crippen LogP contribution in [0.4, 0.5) is 0 Å². The summed E-state index contributed by atoms with van der Waals surface area (Å²) in [7, 11) is 0. The van der Waals surface area contributed by atoms with E-state index in [0.29, 0.717) is 5.02 Å². The Labute approximate surface area is 104 Å². The summed E-state index contributed by atoms with van der Waals surface area (Å²) in [6, 6.07) is 7.48. The van der Waals surface area contributed by atoms with Crippen LogP contribution in [0.5, 0.6) is 0 Å². The van der Waals surface area contributed by atoms with Gasteiger partial charge in [0.05, 0.1) is 22.3 Å². The second kappa shape index (κ2) is 4.85. The summed E-state index contributed by atoms with van der Waals surface area (Å²) < 4.78 is 1.64. The van der Waals surface area contributed by atoms with E-state index in [0.717, 1.165) is 17.8 Å². The molecule has 0 saturated heterocycles. The highest BCUT2D eigenvalue weighted by molar-refractivity contribution is 6.32. The molecule has 2 rings (SSSR count). The second-order valence-corrected chi connectivity index (χ2v) is 4.35. The van der Waals surface area contributed by atoms with E-state index in [4.69, 9.17) is 23.2 Å². The first-order valence-corrected chi connectivity index (χ1v) is 5.85. The van der Waals surface area contributed by atoms with Crippen LogP contribution in [0.2, 0.25) is 5.02 Å². The number of aromatic nitrogens is 3. The molecule has 0 aliphatic carbocycles. The number of halogens is 2. The van der Waals surface area contributed by atoms with Gasteiger partial charge in [0, 0.05) is 0 Å². The summed E-state index contributed by atoms with van der Waals surface area (Å²) in [5, 5.41) is 8.58. The number of alkyl halides is 1. The third-order valence-electron chi connectivity index (χ3n) is 2.29. The molecule has 3 nitrogen and oxygen atoms in total. The predicted molar refractivity (Wildman–Crippen MR) is 65.3 cm³/mol. The molecule has 0 radical (unpaired) electrons. The smallest absolute Gasteiger partial charge is 0.101 e. The molecular weight excluding hydrogens is 245 g/mol. The molecule has 0 spiro atoms. The van der Waals surface area contributed by atoms with E-state index < -0.39 is 0 Å². The Balaban J connectivity index is 2.35. The largest absolute Gasteiger partial charge is 0.219 e. The molecule has 1 heterocycles. The minimum absolute atomic E-state index is 0.101. The lowest BCUT2D eigenvalue weighted by molar-refractivity contribution is 0.786. The van der Waals surface area contributed by atoms with Gasteiger partial charge in [0.25, 0.3) is 0 Å². The van der Waals surface area contributed by atoms with Gasteiger partial charge in [-0.3, -0.25) is 0 Å². The molecule has 2 aromatic rings. The number of para-hydroxylation sites is 1. The number of nitrogens with zero attached hydrogens (tertiary/aromatic N) is 3. The quantitative estimate of drug-likeness (QED) is 0.785. The van der Waals surface area contributed by atoms with Crippen LogP contribution in [-0.4, -0.2) is 15.0 Å². The van der Waals surface area contributed by atoms with Gasteiger partial charge in [-0.05, 0) is 18.6 Å². The zero-order chi connectivity index (χ0) is 11.5. The lowest BCUT2D eigenvalue weighted by atomic mass is 10.2. The Kier molecular flexibility index (Phi) is 3.46. The van der Waals surface area contributed by atoms with Crippen molar-refractivity contribution in [1.29, 1.82) is 0 Å². The highest BCUT2D eigenvalue weighted by atomic mass is 35.5. The van der Waals surface area contributed by atoms with Crippen LogP contribution < -0.4 is 0 Å². The van der Waals surface area contributed by atoms with Crippen molar-refractivity contribution in [2.75, 3.05) is 0 Å². The van der Waals surface area contributed by atoms with Crippen molar-refractivity contribution in [2.24, 2.45) is 0 Å². The van der Waals surface area contributed by atoms with Crippen LogP contribution in [0.1, 0.15) is 24.4 Å². The summed E-state index contributed by atoms with van der Waals surface area (Å²) in [6.07, 6.45) is 2.63. The molecule has 0 aliphatic heterocycles. The van der Waals surface area contributed by atoms with E-state index in [1.54, 1.807) is 4.68 Å². The van der Waals surface area contributed by atoms with Gasteiger partial charge < -0.3 is 0 Å². The molecule has 0 amide bonds. The van der Waals surface area contributed by atoms with E-state index in [1.165, 1.54) is 0 Å². The second-order valence-electron chi connectivity index (χ2n) is 3.42. The van der Waals surface area contributed by atoms with Crippen LogP contribution in [0.3, 0.4) is 0 Å². The molecule has 0 N–H and O–H groups in total. The van der Waals surface area contributed by atoms with Crippen LogP contribution in [0.15, 0.2) is 30.5 Å². The first-order chi connectivity index (χ1) is 7.72. The zero-order valence-electron chi connectivity index (χ0n) is 8.77. The first-order valence-electron chi connectivity index (χ1n) is 5.03. The summed E-state index contributed by atoms with van der Waals surface area (Å²) in [4.78, 5) is 0. The maximum absolute atomic E-state index is 6.08. The normalized spacial score (nSPS) is 12.7. The Morgan fingerprint density at radius 2 is 2.12 bits per heavy atom. The predicted octanol–water partition coefficient (Wildman–Crippen LogP) is 3.61. The Bertz CT molecular complexity index is 482. The van der Waals surface area contributed by atoms with Crippen molar-refractivity contribution in [2.45, 2.75) is 18.7 Å². The van der Waals surface area contributed by atoms with Gasteiger partial charge in [-0.2, -0.15) is 0 Å². The highest BCUT2D eigenvalue weighted by Crippen LogP contribution is 2.24. The van der Waals surface area contributed by atoms with Crippen molar-refractivity contribution < 1.29 is 0 Å². The number of hydrogen-bond acceptors (Lipinski definition) is 2. The van der Waals surface area contributed by atoms with Crippen LogP contribution in [0.25, 0.3) is 5.69 Å². The molecule has 5 heteroatoms. The average molecular weight is 256 g/mol. The Hall–Kier alpha value is -1.06. The van der Waals surface area contributed by atoms with Crippen molar-refractivity contribution in [3.05, 3.63) is 41.2 Å². The number of rotatable bonds is 3. The monoisotopic (exact) mass is 255 g/mol. The van der Waals surface area contributed by atoms with Gasteiger partial charge in [0.1, 0.15) is 5.69 Å². The topological polar surface area (TPSA) is 30.7 Å². The Morgan fingerprint density at radius 3 is 2.81 bits per heavy atom. The molecule has 0 bridgehead atoms. The van der Waals surface area contributed by atoms with E-state index in [2.05, 4.69) is 10.3 Å². The summed E-state index contributed by atoms with van der Waals surface area (Å²) in [5.74, 6) is 0. The van der Waals surface area contributed by atoms with Gasteiger partial charge in [0.15, 0.2) is 0 Å². The van der Waals surface area contributed by atoms with Crippen LogP contribution in [0, 0.1) is 0 Å². The van der Waals surface area contributed by atoms with E-state index >= 15 is 0 Å². The molecule has 0 saturated carbocycles. The third-order valence-corrected chi connectivity index (χ3v) is 3.14. The lowest BCUT2D eigenvalue weighted by Crippen LogP contribution is -1.95. The summed E-state index contributed by atoms with van der Waals surface area (Å²) >= 11 is 12.1. The minimum atomic E-state index is -0.101. The molecule has 0 fully saturated rings. The summed E-state index contributed by atoms with van der Waals surface area (Å²) in [6.45, 7) is 2.01. The van der Waals surface area contributed by atoms with E-state index in [1.807, 2.05) is 37.4 Å². The molecule has 16 heavy (non-hydrogen) atoms. The van der Waals surface area contributed by atoms with E-state index in [9.17, 15) is 0 Å². The third kappa shape index (κ3) is 2.20. The molecule has 84 valence electrons. The fraction of sp³-hybridized carbons (Fsp3) is 0.273. The zero-order valence-corrected chi connectivity index (χ0v) is 10.3. The molecule has 1 unspecified atom stereocenters. The van der Waals surface area contributed by atoms with Crippen LogP contribution >= 0.6 is 23.2 Å². The van der Waals surface area contributed by atoms with Gasteiger partial charge in [0.2, 0.25) is 0 Å². The van der Waals surface area contributed by atoms with Crippen molar-refractivity contribution in [3.8, 4) is 5.69 Å². The number of benzene rings is 1. The fourth-order valence-corrected chi connectivity index (χ4v) is 1.71. The average Bonchev–Trinajstić information content (AvgIpc) is 2.78. The maximum Gasteiger partial charge on any atom is 0.101 e. The molecular formula is C11H11Cl2N3. The standard InChI is InChI=1S/C11H11Cl2N3/c1-2-8(12)10-7-16(15-14-10)11-6-4-3-5-9(11)13/h3-8H,2H2,1H3. The Morgan fingerprint density at radius 1 is 1.38 bits per heavy atom. The van der Waals surface area contributed by atoms with Gasteiger partial charge in [-0.15, -0.1) is 16.7 Å². The van der Waals surface area contributed by atoms with Gasteiger partial charge in [-0.1, -0.05) is 35.9 Å². The molecule has 1 aromatic carbocycles. The van der Waals surface area contributed by atoms with Crippen molar-refractivity contribution >= 4 is 23.2 Å². The lowest BCUT2D eigenvalue weighted by Gasteiger charge is -2.02.